The molecule has 0 unspecified atom stereocenters. The summed E-state index contributed by atoms with van der Waals surface area (Å²) in [5, 5.41) is 6.86. The molecule has 0 saturated carbocycles. The molecule has 3 aromatic rings. The van der Waals surface area contributed by atoms with Gasteiger partial charge in [0.25, 0.3) is 11.5 Å². The molecule has 1 aromatic heterocycles. The van der Waals surface area contributed by atoms with E-state index < -0.39 is 15.9 Å². The van der Waals surface area contributed by atoms with E-state index in [9.17, 15) is 18.0 Å². The van der Waals surface area contributed by atoms with Crippen LogP contribution in [-0.2, 0) is 23.1 Å². The molecule has 0 aliphatic carbocycles. The fraction of sp³-hybridized carbons (Fsp3) is 0.292. The minimum absolute atomic E-state index is 0.0945. The molecule has 0 fully saturated rings. The Balaban J connectivity index is 1.59. The van der Waals surface area contributed by atoms with Crippen LogP contribution in [0.25, 0.3) is 0 Å². The van der Waals surface area contributed by atoms with E-state index in [1.165, 1.54) is 40.3 Å². The summed E-state index contributed by atoms with van der Waals surface area (Å²) in [6.45, 7) is 4.19. The number of nitrogens with one attached hydrogen (secondary N) is 1. The molecule has 180 valence electrons. The van der Waals surface area contributed by atoms with E-state index in [1.807, 2.05) is 30.3 Å². The predicted molar refractivity (Wildman–Crippen MR) is 128 cm³/mol. The van der Waals surface area contributed by atoms with Gasteiger partial charge in [-0.3, -0.25) is 9.59 Å². The van der Waals surface area contributed by atoms with E-state index >= 15 is 0 Å². The third kappa shape index (κ3) is 6.30. The van der Waals surface area contributed by atoms with Crippen molar-refractivity contribution in [3.63, 3.8) is 0 Å². The van der Waals surface area contributed by atoms with E-state index in [4.69, 9.17) is 4.74 Å². The number of para-hydroxylation sites is 1. The number of ether oxygens (including phenoxy) is 1. The van der Waals surface area contributed by atoms with E-state index in [1.54, 1.807) is 26.0 Å². The minimum Gasteiger partial charge on any atom is -0.492 e. The summed E-state index contributed by atoms with van der Waals surface area (Å²) < 4.78 is 33.2. The molecule has 10 heteroatoms. The normalized spacial score (nSPS) is 11.6. The predicted octanol–water partition coefficient (Wildman–Crippen LogP) is 2.28. The third-order valence-electron chi connectivity index (χ3n) is 5.19. The van der Waals surface area contributed by atoms with Gasteiger partial charge in [0.1, 0.15) is 18.1 Å². The van der Waals surface area contributed by atoms with Crippen molar-refractivity contribution in [3.8, 4) is 5.75 Å². The van der Waals surface area contributed by atoms with Gasteiger partial charge in [0.05, 0.1) is 11.4 Å². The highest BCUT2D eigenvalue weighted by Gasteiger charge is 2.22. The molecule has 2 aromatic carbocycles. The maximum Gasteiger partial charge on any atom is 0.271 e. The van der Waals surface area contributed by atoms with Gasteiger partial charge < -0.3 is 10.1 Å². The molecular weight excluding hydrogens is 456 g/mol. The average Bonchev–Trinajstić information content (AvgIpc) is 2.84. The number of sulfonamides is 1. The van der Waals surface area contributed by atoms with Crippen LogP contribution in [0, 0.1) is 0 Å². The smallest absolute Gasteiger partial charge is 0.271 e. The second-order valence-electron chi connectivity index (χ2n) is 7.88. The van der Waals surface area contributed by atoms with Crippen molar-refractivity contribution in [1.29, 1.82) is 0 Å². The third-order valence-corrected chi connectivity index (χ3v) is 7.24. The zero-order valence-corrected chi connectivity index (χ0v) is 20.2. The molecule has 0 spiro atoms. The molecule has 3 rings (SSSR count). The van der Waals surface area contributed by atoms with Crippen molar-refractivity contribution in [2.45, 2.75) is 37.9 Å². The van der Waals surface area contributed by atoms with Crippen molar-refractivity contribution in [2.24, 2.45) is 0 Å². The van der Waals surface area contributed by atoms with Gasteiger partial charge in [0, 0.05) is 25.7 Å². The van der Waals surface area contributed by atoms with Gasteiger partial charge in [-0.25, -0.2) is 13.1 Å². The second kappa shape index (κ2) is 11.1. The molecule has 0 saturated heterocycles. The Kier molecular flexibility index (Phi) is 8.19. The number of amides is 1. The number of carbonyl (C=O) groups is 1. The summed E-state index contributed by atoms with van der Waals surface area (Å²) in [7, 11) is -2.03. The van der Waals surface area contributed by atoms with Crippen LogP contribution in [-0.4, -0.2) is 48.1 Å². The lowest BCUT2D eigenvalue weighted by Gasteiger charge is -2.21. The van der Waals surface area contributed by atoms with Crippen molar-refractivity contribution in [1.82, 2.24) is 19.4 Å². The quantitative estimate of drug-likeness (QED) is 0.473. The molecule has 9 nitrogen and oxygen atoms in total. The Hall–Kier alpha value is -3.50. The fourth-order valence-corrected chi connectivity index (χ4v) is 4.36. The number of carbonyl (C=O) groups excluding carboxylic acids is 1. The van der Waals surface area contributed by atoms with E-state index in [0.717, 1.165) is 5.56 Å². The fourth-order valence-electron chi connectivity index (χ4n) is 2.99. The minimum atomic E-state index is -3.57. The van der Waals surface area contributed by atoms with Gasteiger partial charge in [-0.1, -0.05) is 30.3 Å². The van der Waals surface area contributed by atoms with Gasteiger partial charge in [-0.05, 0) is 49.7 Å². The maximum absolute atomic E-state index is 12.6. The Morgan fingerprint density at radius 1 is 1.06 bits per heavy atom. The molecule has 34 heavy (non-hydrogen) atoms. The summed E-state index contributed by atoms with van der Waals surface area (Å²) in [5.41, 5.74) is 0.484. The van der Waals surface area contributed by atoms with Crippen LogP contribution in [0.15, 0.2) is 76.4 Å². The van der Waals surface area contributed by atoms with Crippen LogP contribution < -0.4 is 15.6 Å². The number of aromatic nitrogens is 2. The standard InChI is InChI=1S/C24H28N4O5S/c1-18(2)27(3)34(31,32)21-11-9-19(10-12-21)17-25-24(30)22-13-14-23(29)28(26-22)15-16-33-20-7-5-4-6-8-20/h4-14,18H,15-17H2,1-3H3,(H,25,30). The van der Waals surface area contributed by atoms with Gasteiger partial charge >= 0.3 is 0 Å². The monoisotopic (exact) mass is 484 g/mol. The van der Waals surface area contributed by atoms with Crippen molar-refractivity contribution < 1.29 is 17.9 Å². The average molecular weight is 485 g/mol. The van der Waals surface area contributed by atoms with Crippen LogP contribution in [0.1, 0.15) is 29.9 Å². The van der Waals surface area contributed by atoms with E-state index in [-0.39, 0.29) is 41.9 Å². The highest BCUT2D eigenvalue weighted by atomic mass is 32.2. The van der Waals surface area contributed by atoms with Gasteiger partial charge in [-0.2, -0.15) is 9.40 Å². The highest BCUT2D eigenvalue weighted by molar-refractivity contribution is 7.89. The molecule has 0 bridgehead atoms. The summed E-state index contributed by atoms with van der Waals surface area (Å²) in [4.78, 5) is 24.8. The molecule has 0 aliphatic heterocycles. The lowest BCUT2D eigenvalue weighted by molar-refractivity contribution is 0.0942. The Morgan fingerprint density at radius 2 is 1.74 bits per heavy atom. The summed E-state index contributed by atoms with van der Waals surface area (Å²) in [6.07, 6.45) is 0. The van der Waals surface area contributed by atoms with Crippen molar-refractivity contribution in [3.05, 3.63) is 88.3 Å². The SMILES string of the molecule is CC(C)N(C)S(=O)(=O)c1ccc(CNC(=O)c2ccc(=O)n(CCOc3ccccc3)n2)cc1. The largest absolute Gasteiger partial charge is 0.492 e. The number of benzene rings is 2. The molecule has 1 heterocycles. The Labute approximate surface area is 199 Å². The number of nitrogens with zero attached hydrogens (tertiary/aromatic N) is 3. The van der Waals surface area contributed by atoms with Crippen LogP contribution in [0.3, 0.4) is 0 Å². The molecule has 0 aliphatic rings. The van der Waals surface area contributed by atoms with Crippen molar-refractivity contribution in [2.75, 3.05) is 13.7 Å². The number of rotatable bonds is 10. The lowest BCUT2D eigenvalue weighted by atomic mass is 10.2. The molecule has 1 N–H and O–H groups in total. The summed E-state index contributed by atoms with van der Waals surface area (Å²) in [5.74, 6) is 0.230. The Morgan fingerprint density at radius 3 is 2.38 bits per heavy atom. The van der Waals surface area contributed by atoms with Gasteiger partial charge in [-0.15, -0.1) is 0 Å². The highest BCUT2D eigenvalue weighted by Crippen LogP contribution is 2.17. The lowest BCUT2D eigenvalue weighted by Crippen LogP contribution is -2.33. The first-order chi connectivity index (χ1) is 16.2. The zero-order chi connectivity index (χ0) is 24.7. The van der Waals surface area contributed by atoms with Gasteiger partial charge in [0.2, 0.25) is 10.0 Å². The van der Waals surface area contributed by atoms with E-state index in [2.05, 4.69) is 10.4 Å². The maximum atomic E-state index is 12.6. The number of hydrogen-bond acceptors (Lipinski definition) is 6. The first-order valence-corrected chi connectivity index (χ1v) is 12.2. The van der Waals surface area contributed by atoms with E-state index in [0.29, 0.717) is 5.75 Å². The molecular formula is C24H28N4O5S. The topological polar surface area (TPSA) is 111 Å². The Bertz CT molecular complexity index is 1270. The molecule has 0 atom stereocenters. The summed E-state index contributed by atoms with van der Waals surface area (Å²) >= 11 is 0. The molecule has 1 amide bonds. The summed E-state index contributed by atoms with van der Waals surface area (Å²) in [6, 6.07) is 18.0. The first kappa shape index (κ1) is 25.1. The van der Waals surface area contributed by atoms with Crippen LogP contribution in [0.4, 0.5) is 0 Å². The first-order valence-electron chi connectivity index (χ1n) is 10.8. The number of hydrogen-bond donors (Lipinski definition) is 1. The van der Waals surface area contributed by atoms with Crippen molar-refractivity contribution >= 4 is 15.9 Å². The van der Waals surface area contributed by atoms with Gasteiger partial charge in [0.15, 0.2) is 0 Å². The van der Waals surface area contributed by atoms with Crippen LogP contribution in [0.5, 0.6) is 5.75 Å². The second-order valence-corrected chi connectivity index (χ2v) is 9.88. The van der Waals surface area contributed by atoms with Crippen LogP contribution >= 0.6 is 0 Å². The van der Waals surface area contributed by atoms with Crippen LogP contribution in [0.2, 0.25) is 0 Å². The molecule has 0 radical (unpaired) electrons. The zero-order valence-electron chi connectivity index (χ0n) is 19.3.